The summed E-state index contributed by atoms with van der Waals surface area (Å²) in [7, 11) is 1.29. The number of esters is 2. The predicted octanol–water partition coefficient (Wildman–Crippen LogP) is 0.882. The van der Waals surface area contributed by atoms with Gasteiger partial charge in [-0.2, -0.15) is 0 Å². The number of rotatable bonds is 3. The molecule has 1 heterocycles. The molecule has 2 rings (SSSR count). The molecule has 1 aliphatic rings. The van der Waals surface area contributed by atoms with E-state index >= 15 is 0 Å². The summed E-state index contributed by atoms with van der Waals surface area (Å²) in [6, 6.07) is 5.22. The van der Waals surface area contributed by atoms with Gasteiger partial charge in [-0.15, -0.1) is 0 Å². The highest BCUT2D eigenvalue weighted by Gasteiger charge is 2.42. The molecule has 0 saturated carbocycles. The molecule has 2 unspecified atom stereocenters. The quantitative estimate of drug-likeness (QED) is 0.799. The minimum absolute atomic E-state index is 0.382. The van der Waals surface area contributed by atoms with Crippen molar-refractivity contribution in [3.8, 4) is 0 Å². The number of hydrogen-bond acceptors (Lipinski definition) is 7. The summed E-state index contributed by atoms with van der Waals surface area (Å²) in [5, 5.41) is 12.7. The topological polar surface area (TPSA) is 94.1 Å². The number of nitrogens with one attached hydrogen (secondary N) is 1. The first kappa shape index (κ1) is 15.3. The van der Waals surface area contributed by atoms with E-state index in [-0.39, 0.29) is 0 Å². The van der Waals surface area contributed by atoms with Crippen molar-refractivity contribution in [1.29, 1.82) is 0 Å². The third-order valence-corrected chi connectivity index (χ3v) is 2.92. The van der Waals surface area contributed by atoms with Gasteiger partial charge in [0.1, 0.15) is 0 Å². The average molecular weight is 295 g/mol. The van der Waals surface area contributed by atoms with Crippen LogP contribution in [0.3, 0.4) is 0 Å². The standard InChI is InChI=1S/C14H17NO6/c1-14(2)20-12(17)10(13(18)21-14)15-9-6-4-8(5-7-9)11(16)19-3/h4-7,10,12,15,17H,1-3H3. The Morgan fingerprint density at radius 2 is 1.95 bits per heavy atom. The summed E-state index contributed by atoms with van der Waals surface area (Å²) >= 11 is 0. The van der Waals surface area contributed by atoms with Gasteiger partial charge in [-0.05, 0) is 24.3 Å². The smallest absolute Gasteiger partial charge is 0.337 e. The van der Waals surface area contributed by atoms with Crippen LogP contribution in [0.15, 0.2) is 24.3 Å². The van der Waals surface area contributed by atoms with Gasteiger partial charge in [0.15, 0.2) is 12.3 Å². The summed E-state index contributed by atoms with van der Waals surface area (Å²) in [6.45, 7) is 3.07. The fourth-order valence-corrected chi connectivity index (χ4v) is 1.94. The van der Waals surface area contributed by atoms with E-state index in [1.807, 2.05) is 0 Å². The normalized spacial score (nSPS) is 24.1. The van der Waals surface area contributed by atoms with Crippen LogP contribution in [0, 0.1) is 0 Å². The molecule has 21 heavy (non-hydrogen) atoms. The van der Waals surface area contributed by atoms with Crippen molar-refractivity contribution in [3.63, 3.8) is 0 Å². The molecule has 7 nitrogen and oxygen atoms in total. The Kier molecular flexibility index (Phi) is 4.15. The highest BCUT2D eigenvalue weighted by atomic mass is 16.8. The molecule has 2 N–H and O–H groups in total. The van der Waals surface area contributed by atoms with Crippen molar-refractivity contribution in [3.05, 3.63) is 29.8 Å². The second-order valence-corrected chi connectivity index (χ2v) is 5.02. The van der Waals surface area contributed by atoms with Gasteiger partial charge in [0.05, 0.1) is 12.7 Å². The van der Waals surface area contributed by atoms with Gasteiger partial charge < -0.3 is 24.6 Å². The van der Waals surface area contributed by atoms with E-state index in [1.165, 1.54) is 21.0 Å². The number of hydrogen-bond donors (Lipinski definition) is 2. The number of methoxy groups -OCH3 is 1. The Balaban J connectivity index is 2.08. The third kappa shape index (κ3) is 3.50. The van der Waals surface area contributed by atoms with Crippen LogP contribution in [0.5, 0.6) is 0 Å². The molecule has 1 aromatic carbocycles. The number of carbonyl (C=O) groups is 2. The number of ether oxygens (including phenoxy) is 3. The van der Waals surface area contributed by atoms with Crippen LogP contribution in [-0.2, 0) is 19.0 Å². The number of carbonyl (C=O) groups excluding carboxylic acids is 2. The summed E-state index contributed by atoms with van der Waals surface area (Å²) in [5.41, 5.74) is 0.916. The fraction of sp³-hybridized carbons (Fsp3) is 0.429. The first-order valence-electron chi connectivity index (χ1n) is 6.36. The van der Waals surface area contributed by atoms with Gasteiger partial charge in [0.25, 0.3) is 0 Å². The second kappa shape index (κ2) is 5.71. The zero-order chi connectivity index (χ0) is 15.6. The molecule has 114 valence electrons. The molecular weight excluding hydrogens is 278 g/mol. The molecule has 7 heteroatoms. The predicted molar refractivity (Wildman–Crippen MR) is 72.5 cm³/mol. The molecule has 0 bridgehead atoms. The minimum Gasteiger partial charge on any atom is -0.465 e. The lowest BCUT2D eigenvalue weighted by atomic mass is 10.1. The maximum absolute atomic E-state index is 11.8. The van der Waals surface area contributed by atoms with Crippen LogP contribution in [-0.4, -0.2) is 42.3 Å². The Hall–Kier alpha value is -2.12. The number of benzene rings is 1. The van der Waals surface area contributed by atoms with Crippen LogP contribution >= 0.6 is 0 Å². The van der Waals surface area contributed by atoms with Gasteiger partial charge >= 0.3 is 11.9 Å². The molecule has 0 aliphatic carbocycles. The fourth-order valence-electron chi connectivity index (χ4n) is 1.94. The molecule has 2 atom stereocenters. The van der Waals surface area contributed by atoms with Crippen LogP contribution in [0.4, 0.5) is 5.69 Å². The zero-order valence-electron chi connectivity index (χ0n) is 12.0. The van der Waals surface area contributed by atoms with Gasteiger partial charge in [-0.1, -0.05) is 0 Å². The third-order valence-electron chi connectivity index (χ3n) is 2.92. The first-order valence-corrected chi connectivity index (χ1v) is 6.36. The van der Waals surface area contributed by atoms with E-state index in [9.17, 15) is 14.7 Å². The highest BCUT2D eigenvalue weighted by Crippen LogP contribution is 2.24. The Morgan fingerprint density at radius 3 is 2.48 bits per heavy atom. The second-order valence-electron chi connectivity index (χ2n) is 5.02. The highest BCUT2D eigenvalue weighted by molar-refractivity contribution is 5.89. The van der Waals surface area contributed by atoms with E-state index in [1.54, 1.807) is 24.3 Å². The molecule has 1 aromatic rings. The Labute approximate surface area is 121 Å². The lowest BCUT2D eigenvalue weighted by Crippen LogP contribution is -2.55. The zero-order valence-corrected chi connectivity index (χ0v) is 12.0. The van der Waals surface area contributed by atoms with Crippen molar-refractivity contribution in [2.45, 2.75) is 32.0 Å². The summed E-state index contributed by atoms with van der Waals surface area (Å²) < 4.78 is 14.8. The molecular formula is C14H17NO6. The van der Waals surface area contributed by atoms with Crippen LogP contribution in [0.25, 0.3) is 0 Å². The summed E-state index contributed by atoms with van der Waals surface area (Å²) in [4.78, 5) is 23.2. The van der Waals surface area contributed by atoms with Crippen molar-refractivity contribution >= 4 is 17.6 Å². The van der Waals surface area contributed by atoms with E-state index in [0.717, 1.165) is 0 Å². The maximum atomic E-state index is 11.8. The number of cyclic esters (lactones) is 1. The van der Waals surface area contributed by atoms with Gasteiger partial charge in [-0.25, -0.2) is 9.59 Å². The van der Waals surface area contributed by atoms with E-state index in [0.29, 0.717) is 11.3 Å². The summed E-state index contributed by atoms with van der Waals surface area (Å²) in [6.07, 6.45) is -1.33. The molecule has 0 radical (unpaired) electrons. The largest absolute Gasteiger partial charge is 0.465 e. The number of aliphatic hydroxyl groups excluding tert-OH is 1. The average Bonchev–Trinajstić information content (AvgIpc) is 2.41. The van der Waals surface area contributed by atoms with Gasteiger partial charge in [0, 0.05) is 19.5 Å². The van der Waals surface area contributed by atoms with E-state index < -0.39 is 30.1 Å². The molecule has 1 saturated heterocycles. The van der Waals surface area contributed by atoms with Gasteiger partial charge in [-0.3, -0.25) is 0 Å². The van der Waals surface area contributed by atoms with Crippen LogP contribution in [0.1, 0.15) is 24.2 Å². The van der Waals surface area contributed by atoms with Gasteiger partial charge in [0.2, 0.25) is 5.79 Å². The van der Waals surface area contributed by atoms with E-state index in [2.05, 4.69) is 10.1 Å². The summed E-state index contributed by atoms with van der Waals surface area (Å²) in [5.74, 6) is -2.23. The Bertz CT molecular complexity index is 539. The lowest BCUT2D eigenvalue weighted by Gasteiger charge is -2.37. The van der Waals surface area contributed by atoms with Crippen molar-refractivity contribution < 1.29 is 28.9 Å². The molecule has 0 amide bonds. The number of aliphatic hydroxyl groups is 1. The molecule has 1 fully saturated rings. The molecule has 0 aromatic heterocycles. The lowest BCUT2D eigenvalue weighted by molar-refractivity contribution is -0.301. The molecule has 0 spiro atoms. The minimum atomic E-state index is -1.33. The van der Waals surface area contributed by atoms with Crippen molar-refractivity contribution in [2.75, 3.05) is 12.4 Å². The maximum Gasteiger partial charge on any atom is 0.337 e. The van der Waals surface area contributed by atoms with Crippen molar-refractivity contribution in [1.82, 2.24) is 0 Å². The Morgan fingerprint density at radius 1 is 1.33 bits per heavy atom. The van der Waals surface area contributed by atoms with E-state index in [4.69, 9.17) is 9.47 Å². The number of anilines is 1. The monoisotopic (exact) mass is 295 g/mol. The van der Waals surface area contributed by atoms with Crippen molar-refractivity contribution in [2.24, 2.45) is 0 Å². The van der Waals surface area contributed by atoms with Crippen LogP contribution in [0.2, 0.25) is 0 Å². The van der Waals surface area contributed by atoms with Crippen LogP contribution < -0.4 is 5.32 Å². The SMILES string of the molecule is COC(=O)c1ccc(NC2C(=O)OC(C)(C)OC2O)cc1. The first-order chi connectivity index (χ1) is 9.82. The molecule has 1 aliphatic heterocycles.